The third-order valence-corrected chi connectivity index (χ3v) is 4.31. The number of carbonyl (C=O) groups is 1. The van der Waals surface area contributed by atoms with E-state index in [2.05, 4.69) is 34.9 Å². The molecule has 120 valence electrons. The number of nitrogens with one attached hydrogen (secondary N) is 2. The van der Waals surface area contributed by atoms with E-state index in [1.165, 1.54) is 11.1 Å². The zero-order valence-electron chi connectivity index (χ0n) is 13.0. The van der Waals surface area contributed by atoms with Gasteiger partial charge in [0.25, 0.3) is 0 Å². The van der Waals surface area contributed by atoms with Gasteiger partial charge in [0.1, 0.15) is 0 Å². The fourth-order valence-corrected chi connectivity index (χ4v) is 3.04. The van der Waals surface area contributed by atoms with Crippen LogP contribution in [0.2, 0.25) is 0 Å². The molecule has 0 spiro atoms. The molecule has 1 heterocycles. The van der Waals surface area contributed by atoms with Crippen molar-refractivity contribution in [3.8, 4) is 0 Å². The first kappa shape index (κ1) is 15.7. The minimum absolute atomic E-state index is 0.0431. The van der Waals surface area contributed by atoms with Crippen molar-refractivity contribution in [1.82, 2.24) is 10.6 Å². The van der Waals surface area contributed by atoms with Crippen LogP contribution >= 0.6 is 0 Å². The van der Waals surface area contributed by atoms with Crippen molar-refractivity contribution >= 4 is 5.91 Å². The molecule has 0 aromatic heterocycles. The predicted octanol–water partition coefficient (Wildman–Crippen LogP) is 1.66. The Balaban J connectivity index is 1.71. The molecule has 2 atom stereocenters. The SMILES string of the molecule is O=C(NCC(c1ccccc1)c1ccccc1)[C@H]1C[C@@H](O)CN1. The first-order valence-electron chi connectivity index (χ1n) is 8.03. The summed E-state index contributed by atoms with van der Waals surface area (Å²) >= 11 is 0. The first-order valence-corrected chi connectivity index (χ1v) is 8.03. The van der Waals surface area contributed by atoms with Crippen LogP contribution in [0.25, 0.3) is 0 Å². The number of hydrogen-bond acceptors (Lipinski definition) is 3. The van der Waals surface area contributed by atoms with Crippen LogP contribution in [-0.4, -0.2) is 36.2 Å². The van der Waals surface area contributed by atoms with Crippen molar-refractivity contribution in [3.63, 3.8) is 0 Å². The standard InChI is InChI=1S/C19H22N2O2/c22-16-11-18(20-12-16)19(23)21-13-17(14-7-3-1-4-8-14)15-9-5-2-6-10-15/h1-10,16-18,20,22H,11-13H2,(H,21,23)/t16-,18-/m1/s1. The van der Waals surface area contributed by atoms with Crippen LogP contribution in [0, 0.1) is 0 Å². The lowest BCUT2D eigenvalue weighted by Crippen LogP contribution is -2.42. The zero-order chi connectivity index (χ0) is 16.1. The number of aliphatic hydroxyl groups is 1. The van der Waals surface area contributed by atoms with Gasteiger partial charge in [0.05, 0.1) is 12.1 Å². The second-order valence-electron chi connectivity index (χ2n) is 5.97. The van der Waals surface area contributed by atoms with Crippen LogP contribution in [0.15, 0.2) is 60.7 Å². The summed E-state index contributed by atoms with van der Waals surface area (Å²) in [5.41, 5.74) is 2.36. The molecule has 1 aliphatic heterocycles. The highest BCUT2D eigenvalue weighted by Gasteiger charge is 2.28. The largest absolute Gasteiger partial charge is 0.392 e. The van der Waals surface area contributed by atoms with Crippen LogP contribution in [-0.2, 0) is 4.79 Å². The number of rotatable bonds is 5. The molecule has 4 nitrogen and oxygen atoms in total. The van der Waals surface area contributed by atoms with Crippen molar-refractivity contribution in [2.24, 2.45) is 0 Å². The van der Waals surface area contributed by atoms with Gasteiger partial charge in [-0.05, 0) is 17.5 Å². The zero-order valence-corrected chi connectivity index (χ0v) is 13.0. The molecule has 2 aromatic rings. The van der Waals surface area contributed by atoms with Crippen LogP contribution in [0.1, 0.15) is 23.5 Å². The smallest absolute Gasteiger partial charge is 0.237 e. The number of β-amino-alcohol motifs (C(OH)–C–C–N with tert-alkyl or cyclic N) is 1. The highest BCUT2D eigenvalue weighted by molar-refractivity contribution is 5.82. The quantitative estimate of drug-likeness (QED) is 0.787. The number of aliphatic hydroxyl groups excluding tert-OH is 1. The average Bonchev–Trinajstić information content (AvgIpc) is 3.03. The van der Waals surface area contributed by atoms with Crippen molar-refractivity contribution in [2.45, 2.75) is 24.5 Å². The van der Waals surface area contributed by atoms with E-state index >= 15 is 0 Å². The lowest BCUT2D eigenvalue weighted by molar-refractivity contribution is -0.122. The Morgan fingerprint density at radius 2 is 1.65 bits per heavy atom. The van der Waals surface area contributed by atoms with E-state index in [4.69, 9.17) is 0 Å². The molecule has 0 saturated carbocycles. The monoisotopic (exact) mass is 310 g/mol. The molecule has 3 N–H and O–H groups in total. The van der Waals surface area contributed by atoms with Crippen molar-refractivity contribution in [1.29, 1.82) is 0 Å². The molecule has 0 unspecified atom stereocenters. The van der Waals surface area contributed by atoms with Crippen LogP contribution < -0.4 is 10.6 Å². The van der Waals surface area contributed by atoms with Gasteiger partial charge in [-0.2, -0.15) is 0 Å². The van der Waals surface area contributed by atoms with Crippen molar-refractivity contribution in [3.05, 3.63) is 71.8 Å². The van der Waals surface area contributed by atoms with Crippen molar-refractivity contribution in [2.75, 3.05) is 13.1 Å². The minimum Gasteiger partial charge on any atom is -0.392 e. The van der Waals surface area contributed by atoms with Crippen LogP contribution in [0.3, 0.4) is 0 Å². The summed E-state index contributed by atoms with van der Waals surface area (Å²) in [5.74, 6) is 0.0751. The van der Waals surface area contributed by atoms with E-state index in [9.17, 15) is 9.90 Å². The van der Waals surface area contributed by atoms with E-state index in [1.54, 1.807) is 0 Å². The third-order valence-electron chi connectivity index (χ3n) is 4.31. The Morgan fingerprint density at radius 3 is 2.13 bits per heavy atom. The van der Waals surface area contributed by atoms with Crippen LogP contribution in [0.5, 0.6) is 0 Å². The first-order chi connectivity index (χ1) is 11.2. The maximum atomic E-state index is 12.3. The van der Waals surface area contributed by atoms with Gasteiger partial charge in [-0.3, -0.25) is 4.79 Å². The number of carbonyl (C=O) groups excluding carboxylic acids is 1. The van der Waals surface area contributed by atoms with E-state index in [0.717, 1.165) is 0 Å². The topological polar surface area (TPSA) is 61.4 Å². The molecule has 4 heteroatoms. The Bertz CT molecular complexity index is 591. The number of hydrogen-bond donors (Lipinski definition) is 3. The molecule has 0 bridgehead atoms. The fraction of sp³-hybridized carbons (Fsp3) is 0.316. The lowest BCUT2D eigenvalue weighted by Gasteiger charge is -2.20. The summed E-state index contributed by atoms with van der Waals surface area (Å²) in [7, 11) is 0. The van der Waals surface area contributed by atoms with E-state index in [1.807, 2.05) is 36.4 Å². The number of benzene rings is 2. The van der Waals surface area contributed by atoms with E-state index < -0.39 is 6.10 Å². The summed E-state index contributed by atoms with van der Waals surface area (Å²) in [6.07, 6.45) is 0.0532. The summed E-state index contributed by atoms with van der Waals surface area (Å²) in [4.78, 5) is 12.3. The van der Waals surface area contributed by atoms with Gasteiger partial charge in [0.2, 0.25) is 5.91 Å². The molecule has 23 heavy (non-hydrogen) atoms. The molecule has 3 rings (SSSR count). The van der Waals surface area contributed by atoms with E-state index in [-0.39, 0.29) is 17.9 Å². The Kier molecular flexibility index (Phi) is 5.05. The second-order valence-corrected chi connectivity index (χ2v) is 5.97. The second kappa shape index (κ2) is 7.40. The maximum Gasteiger partial charge on any atom is 0.237 e. The van der Waals surface area contributed by atoms with Gasteiger partial charge in [-0.15, -0.1) is 0 Å². The van der Waals surface area contributed by atoms with Gasteiger partial charge in [0, 0.05) is 19.0 Å². The molecule has 1 fully saturated rings. The minimum atomic E-state index is -0.426. The van der Waals surface area contributed by atoms with E-state index in [0.29, 0.717) is 19.5 Å². The third kappa shape index (κ3) is 3.97. The molecular weight excluding hydrogens is 288 g/mol. The fourth-order valence-electron chi connectivity index (χ4n) is 3.04. The van der Waals surface area contributed by atoms with Gasteiger partial charge in [-0.25, -0.2) is 0 Å². The molecule has 0 aliphatic carbocycles. The normalized spacial score (nSPS) is 20.6. The summed E-state index contributed by atoms with van der Waals surface area (Å²) < 4.78 is 0. The van der Waals surface area contributed by atoms with Gasteiger partial charge < -0.3 is 15.7 Å². The highest BCUT2D eigenvalue weighted by Crippen LogP contribution is 2.23. The van der Waals surface area contributed by atoms with Gasteiger partial charge in [-0.1, -0.05) is 60.7 Å². The lowest BCUT2D eigenvalue weighted by atomic mass is 9.91. The van der Waals surface area contributed by atoms with Gasteiger partial charge >= 0.3 is 0 Å². The molecule has 2 aromatic carbocycles. The van der Waals surface area contributed by atoms with Gasteiger partial charge in [0.15, 0.2) is 0 Å². The molecular formula is C19H22N2O2. The summed E-state index contributed by atoms with van der Waals surface area (Å²) in [6, 6.07) is 20.1. The highest BCUT2D eigenvalue weighted by atomic mass is 16.3. The summed E-state index contributed by atoms with van der Waals surface area (Å²) in [6.45, 7) is 1.03. The Morgan fingerprint density at radius 1 is 1.09 bits per heavy atom. The molecule has 0 radical (unpaired) electrons. The summed E-state index contributed by atoms with van der Waals surface area (Å²) in [5, 5.41) is 15.6. The van der Waals surface area contributed by atoms with Crippen molar-refractivity contribution < 1.29 is 9.90 Å². The Labute approximate surface area is 136 Å². The molecule has 1 saturated heterocycles. The maximum absolute atomic E-state index is 12.3. The predicted molar refractivity (Wildman–Crippen MR) is 90.2 cm³/mol. The average molecular weight is 310 g/mol. The molecule has 1 amide bonds. The Hall–Kier alpha value is -2.17. The van der Waals surface area contributed by atoms with Crippen LogP contribution in [0.4, 0.5) is 0 Å². The molecule has 1 aliphatic rings. The number of amides is 1.